The van der Waals surface area contributed by atoms with Gasteiger partial charge in [-0.15, -0.1) is 0 Å². The van der Waals surface area contributed by atoms with Crippen LogP contribution in [0.3, 0.4) is 0 Å². The molecule has 0 radical (unpaired) electrons. The predicted octanol–water partition coefficient (Wildman–Crippen LogP) is -1.65. The Labute approximate surface area is 138 Å². The first-order chi connectivity index (χ1) is 11.1. The first kappa shape index (κ1) is 22.2. The second kappa shape index (κ2) is 11.7. The molecule has 0 spiro atoms. The standard InChI is InChI=1S/C13H24N2O9/c14-15(4-1-10(16)17)7-13(22,8-23-5-2-11(18)19)9-24-6-3-12(20)21/h22H,1-9,14H2,(H,16,17)(H,18,19)(H,20,21). The van der Waals surface area contributed by atoms with E-state index in [1.165, 1.54) is 0 Å². The van der Waals surface area contributed by atoms with Gasteiger partial charge in [0.05, 0.1) is 45.7 Å². The van der Waals surface area contributed by atoms with E-state index >= 15 is 0 Å². The summed E-state index contributed by atoms with van der Waals surface area (Å²) in [5, 5.41) is 37.2. The monoisotopic (exact) mass is 352 g/mol. The lowest BCUT2D eigenvalue weighted by atomic mass is 10.1. The molecule has 24 heavy (non-hydrogen) atoms. The van der Waals surface area contributed by atoms with E-state index in [2.05, 4.69) is 0 Å². The first-order valence-corrected chi connectivity index (χ1v) is 7.17. The molecule has 0 aliphatic rings. The summed E-state index contributed by atoms with van der Waals surface area (Å²) in [6.07, 6.45) is -0.727. The minimum Gasteiger partial charge on any atom is -0.481 e. The number of aliphatic hydroxyl groups is 1. The van der Waals surface area contributed by atoms with Gasteiger partial charge in [-0.2, -0.15) is 0 Å². The number of ether oxygens (including phenoxy) is 2. The molecule has 140 valence electrons. The van der Waals surface area contributed by atoms with Gasteiger partial charge < -0.3 is 29.9 Å². The minimum absolute atomic E-state index is 0.0259. The maximum absolute atomic E-state index is 10.5. The number of nitrogens with zero attached hydrogens (tertiary/aromatic N) is 1. The molecule has 0 atom stereocenters. The van der Waals surface area contributed by atoms with Crippen molar-refractivity contribution in [1.29, 1.82) is 0 Å². The fourth-order valence-electron chi connectivity index (χ4n) is 1.67. The molecular formula is C13H24N2O9. The highest BCUT2D eigenvalue weighted by Gasteiger charge is 2.30. The van der Waals surface area contributed by atoms with Crippen LogP contribution in [0.15, 0.2) is 0 Å². The highest BCUT2D eigenvalue weighted by molar-refractivity contribution is 5.67. The number of carboxylic acid groups (broad SMARTS) is 3. The average Bonchev–Trinajstić information content (AvgIpc) is 2.46. The van der Waals surface area contributed by atoms with Crippen LogP contribution in [0.4, 0.5) is 0 Å². The molecule has 0 aromatic heterocycles. The van der Waals surface area contributed by atoms with Crippen LogP contribution >= 0.6 is 0 Å². The third-order valence-corrected chi connectivity index (χ3v) is 2.77. The number of nitrogens with two attached hydrogens (primary N) is 1. The molecule has 0 amide bonds. The summed E-state index contributed by atoms with van der Waals surface area (Å²) >= 11 is 0. The second-order valence-electron chi connectivity index (χ2n) is 5.23. The molecule has 11 nitrogen and oxygen atoms in total. The Morgan fingerprint density at radius 3 is 1.67 bits per heavy atom. The smallest absolute Gasteiger partial charge is 0.305 e. The molecule has 0 bridgehead atoms. The third kappa shape index (κ3) is 12.7. The van der Waals surface area contributed by atoms with Gasteiger partial charge in [-0.05, 0) is 0 Å². The van der Waals surface area contributed by atoms with E-state index in [0.717, 1.165) is 5.01 Å². The zero-order valence-electron chi connectivity index (χ0n) is 13.2. The quantitative estimate of drug-likeness (QED) is 0.129. The number of hydrazine groups is 1. The van der Waals surface area contributed by atoms with Gasteiger partial charge in [0.15, 0.2) is 0 Å². The molecule has 0 aliphatic heterocycles. The number of rotatable bonds is 15. The molecule has 0 saturated heterocycles. The highest BCUT2D eigenvalue weighted by atomic mass is 16.5. The second-order valence-corrected chi connectivity index (χ2v) is 5.23. The van der Waals surface area contributed by atoms with E-state index in [-0.39, 0.29) is 58.8 Å². The number of carboxylic acids is 3. The Bertz CT molecular complexity index is 394. The lowest BCUT2D eigenvalue weighted by molar-refractivity contribution is -0.142. The molecule has 11 heteroatoms. The minimum atomic E-state index is -1.63. The van der Waals surface area contributed by atoms with E-state index < -0.39 is 23.5 Å². The lowest BCUT2D eigenvalue weighted by Crippen LogP contribution is -2.52. The number of aliphatic carboxylic acids is 3. The normalized spacial score (nSPS) is 11.6. The van der Waals surface area contributed by atoms with Gasteiger partial charge in [0.25, 0.3) is 0 Å². The molecular weight excluding hydrogens is 328 g/mol. The van der Waals surface area contributed by atoms with Gasteiger partial charge in [-0.1, -0.05) is 0 Å². The van der Waals surface area contributed by atoms with Crippen LogP contribution < -0.4 is 5.84 Å². The van der Waals surface area contributed by atoms with E-state index in [1.54, 1.807) is 0 Å². The topological polar surface area (TPSA) is 180 Å². The maximum atomic E-state index is 10.5. The number of hydrogen-bond donors (Lipinski definition) is 5. The summed E-state index contributed by atoms with van der Waals surface area (Å²) in [6, 6.07) is 0. The van der Waals surface area contributed by atoms with E-state index in [4.69, 9.17) is 30.6 Å². The molecule has 6 N–H and O–H groups in total. The largest absolute Gasteiger partial charge is 0.481 e. The number of hydrogen-bond acceptors (Lipinski definition) is 8. The van der Waals surface area contributed by atoms with E-state index in [0.29, 0.717) is 0 Å². The summed E-state index contributed by atoms with van der Waals surface area (Å²) in [5.41, 5.74) is -1.63. The van der Waals surface area contributed by atoms with Crippen molar-refractivity contribution in [2.24, 2.45) is 5.84 Å². The summed E-state index contributed by atoms with van der Waals surface area (Å²) < 4.78 is 10.2. The highest BCUT2D eigenvalue weighted by Crippen LogP contribution is 2.09. The van der Waals surface area contributed by atoms with Crippen LogP contribution in [0.1, 0.15) is 19.3 Å². The van der Waals surface area contributed by atoms with Gasteiger partial charge in [-0.25, -0.2) is 5.01 Å². The van der Waals surface area contributed by atoms with Crippen LogP contribution in [-0.4, -0.2) is 88.5 Å². The Morgan fingerprint density at radius 2 is 1.29 bits per heavy atom. The molecule has 0 unspecified atom stereocenters. The fourth-order valence-corrected chi connectivity index (χ4v) is 1.67. The van der Waals surface area contributed by atoms with Crippen molar-refractivity contribution >= 4 is 17.9 Å². The van der Waals surface area contributed by atoms with Gasteiger partial charge in [0.2, 0.25) is 0 Å². The molecule has 0 heterocycles. The van der Waals surface area contributed by atoms with Crippen molar-refractivity contribution in [3.8, 4) is 0 Å². The van der Waals surface area contributed by atoms with Crippen LogP contribution in [0.5, 0.6) is 0 Å². The molecule has 0 saturated carbocycles. The van der Waals surface area contributed by atoms with Gasteiger partial charge in [0, 0.05) is 13.1 Å². The van der Waals surface area contributed by atoms with Crippen molar-refractivity contribution < 1.29 is 44.3 Å². The molecule has 0 fully saturated rings. The summed E-state index contributed by atoms with van der Waals surface area (Å²) in [4.78, 5) is 31.4. The third-order valence-electron chi connectivity index (χ3n) is 2.77. The van der Waals surface area contributed by atoms with Crippen LogP contribution in [0, 0.1) is 0 Å². The van der Waals surface area contributed by atoms with Gasteiger partial charge in [-0.3, -0.25) is 20.2 Å². The average molecular weight is 352 g/mol. The fraction of sp³-hybridized carbons (Fsp3) is 0.769. The van der Waals surface area contributed by atoms with Crippen LogP contribution in [0.2, 0.25) is 0 Å². The van der Waals surface area contributed by atoms with E-state index in [1.807, 2.05) is 0 Å². The Balaban J connectivity index is 4.45. The summed E-state index contributed by atoms with van der Waals surface area (Å²) in [5.74, 6) is 2.46. The lowest BCUT2D eigenvalue weighted by Gasteiger charge is -2.31. The first-order valence-electron chi connectivity index (χ1n) is 7.17. The molecule has 0 aromatic rings. The van der Waals surface area contributed by atoms with Crippen molar-refractivity contribution in [3.63, 3.8) is 0 Å². The SMILES string of the molecule is NN(CCC(=O)O)CC(O)(COCCC(=O)O)COCCC(=O)O. The van der Waals surface area contributed by atoms with Crippen LogP contribution in [0.25, 0.3) is 0 Å². The Morgan fingerprint density at radius 1 is 0.875 bits per heavy atom. The predicted molar refractivity (Wildman–Crippen MR) is 79.1 cm³/mol. The zero-order chi connectivity index (χ0) is 18.6. The Kier molecular flexibility index (Phi) is 10.8. The summed E-state index contributed by atoms with van der Waals surface area (Å²) in [6.45, 7) is -1.08. The van der Waals surface area contributed by atoms with Crippen molar-refractivity contribution in [3.05, 3.63) is 0 Å². The molecule has 0 aromatic carbocycles. The van der Waals surface area contributed by atoms with Crippen molar-refractivity contribution in [1.82, 2.24) is 5.01 Å². The van der Waals surface area contributed by atoms with E-state index in [9.17, 15) is 19.5 Å². The van der Waals surface area contributed by atoms with Crippen molar-refractivity contribution in [2.75, 3.05) is 39.5 Å². The molecule has 0 rings (SSSR count). The summed E-state index contributed by atoms with van der Waals surface area (Å²) in [7, 11) is 0. The zero-order valence-corrected chi connectivity index (χ0v) is 13.2. The number of carbonyl (C=O) groups is 3. The van der Waals surface area contributed by atoms with Crippen LogP contribution in [-0.2, 0) is 23.9 Å². The van der Waals surface area contributed by atoms with Gasteiger partial charge >= 0.3 is 17.9 Å². The Hall–Kier alpha value is -1.79. The van der Waals surface area contributed by atoms with Crippen molar-refractivity contribution in [2.45, 2.75) is 24.9 Å². The van der Waals surface area contributed by atoms with Gasteiger partial charge in [0.1, 0.15) is 5.60 Å². The maximum Gasteiger partial charge on any atom is 0.305 e. The molecule has 0 aliphatic carbocycles.